The topological polar surface area (TPSA) is 140 Å². The van der Waals surface area contributed by atoms with Crippen LogP contribution in [0.2, 0.25) is 0 Å². The molecule has 310 valence electrons. The van der Waals surface area contributed by atoms with Gasteiger partial charge in [0.2, 0.25) is 0 Å². The van der Waals surface area contributed by atoms with Crippen molar-refractivity contribution in [3.63, 3.8) is 0 Å². The zero-order valence-corrected chi connectivity index (χ0v) is 35.9. The van der Waals surface area contributed by atoms with E-state index in [4.69, 9.17) is 14.2 Å². The largest absolute Gasteiger partial charge is 0.462 e. The standard InChI is InChI=1S/C46H72O9/c1-14-18-33-43(11)21-20-34(47)44(12,26-53-38(50)28(5)15-2)32(43)19-22-45(33,13)42(10)24-31-23-41(8,9)37(55-40(52)30(7)17-4)36(49)46(31,35(48)25-42)27-54-39(51)29(6)16-3/h14-17,31-37,47-49H,1,18-27H2,2-13H3/t31?,32?,33?,34-,35+,36-,37-,42-,43-,44+,45+,46-/m0/s1. The van der Waals surface area contributed by atoms with E-state index in [0.717, 1.165) is 25.7 Å². The molecule has 3 N–H and O–H groups in total. The summed E-state index contributed by atoms with van der Waals surface area (Å²) < 4.78 is 17.9. The van der Waals surface area contributed by atoms with Gasteiger partial charge >= 0.3 is 17.9 Å². The van der Waals surface area contributed by atoms with Gasteiger partial charge in [0.25, 0.3) is 0 Å². The fraction of sp³-hybridized carbons (Fsp3) is 0.761. The third-order valence-corrected chi connectivity index (χ3v) is 16.2. The van der Waals surface area contributed by atoms with Crippen LogP contribution in [-0.4, -0.2) is 70.9 Å². The fourth-order valence-corrected chi connectivity index (χ4v) is 12.0. The minimum atomic E-state index is -1.30. The molecule has 0 amide bonds. The van der Waals surface area contributed by atoms with E-state index in [1.54, 1.807) is 52.8 Å². The van der Waals surface area contributed by atoms with Crippen LogP contribution in [0.4, 0.5) is 0 Å². The molecule has 9 nitrogen and oxygen atoms in total. The maximum absolute atomic E-state index is 13.2. The summed E-state index contributed by atoms with van der Waals surface area (Å²) in [4.78, 5) is 39.1. The van der Waals surface area contributed by atoms with Crippen molar-refractivity contribution in [1.29, 1.82) is 0 Å². The van der Waals surface area contributed by atoms with Crippen LogP contribution in [0.3, 0.4) is 0 Å². The zero-order chi connectivity index (χ0) is 41.5. The van der Waals surface area contributed by atoms with Gasteiger partial charge in [0.1, 0.15) is 18.8 Å². The normalized spacial score (nSPS) is 42.0. The van der Waals surface area contributed by atoms with Crippen LogP contribution >= 0.6 is 0 Å². The lowest BCUT2D eigenvalue weighted by atomic mass is 9.35. The van der Waals surface area contributed by atoms with Gasteiger partial charge in [-0.25, -0.2) is 14.4 Å². The summed E-state index contributed by atoms with van der Waals surface area (Å²) in [5.74, 6) is -1.48. The van der Waals surface area contributed by atoms with Crippen molar-refractivity contribution >= 4 is 17.9 Å². The molecule has 0 aliphatic heterocycles. The second-order valence-electron chi connectivity index (χ2n) is 19.5. The highest BCUT2D eigenvalue weighted by atomic mass is 16.6. The second-order valence-corrected chi connectivity index (χ2v) is 19.5. The van der Waals surface area contributed by atoms with E-state index in [9.17, 15) is 29.7 Å². The number of aliphatic hydroxyl groups excluding tert-OH is 3. The molecular formula is C46H72O9. The number of carbonyl (C=O) groups excluding carboxylic acids is 3. The zero-order valence-electron chi connectivity index (χ0n) is 35.9. The lowest BCUT2D eigenvalue weighted by molar-refractivity contribution is -0.279. The van der Waals surface area contributed by atoms with Crippen LogP contribution in [-0.2, 0) is 28.6 Å². The Morgan fingerprint density at radius 2 is 1.27 bits per heavy atom. The Morgan fingerprint density at radius 3 is 1.82 bits per heavy atom. The van der Waals surface area contributed by atoms with E-state index in [-0.39, 0.29) is 47.8 Å². The van der Waals surface area contributed by atoms with Gasteiger partial charge in [-0.05, 0) is 127 Å². The molecule has 4 aliphatic rings. The number of esters is 3. The average molecular weight is 769 g/mol. The van der Waals surface area contributed by atoms with Gasteiger partial charge in [-0.1, -0.05) is 65.8 Å². The Hall–Kier alpha value is -2.75. The third kappa shape index (κ3) is 7.56. The highest BCUT2D eigenvalue weighted by Gasteiger charge is 2.71. The molecule has 4 aliphatic carbocycles. The third-order valence-electron chi connectivity index (χ3n) is 16.2. The molecule has 4 saturated carbocycles. The minimum absolute atomic E-state index is 0.0671. The van der Waals surface area contributed by atoms with E-state index < -0.39 is 58.0 Å². The van der Waals surface area contributed by atoms with Gasteiger partial charge in [0, 0.05) is 27.5 Å². The van der Waals surface area contributed by atoms with Crippen molar-refractivity contribution < 1.29 is 43.9 Å². The second kappa shape index (κ2) is 16.2. The SMILES string of the molecule is C=CCC1[C@@]2(C)CC[C@H](O)[C@](C)(COC(=O)C(C)=CC)C2CC[C@@]1(C)[C@@]1(C)CC2CC(C)(C)[C@@H](OC(=O)C(C)=CC)[C@H](O)[C@]2(COC(=O)C(C)=CC)[C@H](O)C1. The molecular weight excluding hydrogens is 696 g/mol. The van der Waals surface area contributed by atoms with Crippen LogP contribution in [0.1, 0.15) is 134 Å². The fourth-order valence-electron chi connectivity index (χ4n) is 12.0. The average Bonchev–Trinajstić information content (AvgIpc) is 3.13. The van der Waals surface area contributed by atoms with Crippen molar-refractivity contribution in [2.45, 2.75) is 159 Å². The summed E-state index contributed by atoms with van der Waals surface area (Å²) in [5, 5.41) is 36.8. The summed E-state index contributed by atoms with van der Waals surface area (Å²) in [5.41, 5.74) is -2.16. The molecule has 55 heavy (non-hydrogen) atoms. The molecule has 4 rings (SSSR count). The molecule has 0 bridgehead atoms. The number of carbonyl (C=O) groups is 3. The van der Waals surface area contributed by atoms with Gasteiger partial charge in [-0.15, -0.1) is 6.58 Å². The maximum Gasteiger partial charge on any atom is 0.333 e. The number of rotatable bonds is 11. The molecule has 0 spiro atoms. The monoisotopic (exact) mass is 769 g/mol. The van der Waals surface area contributed by atoms with Gasteiger partial charge < -0.3 is 29.5 Å². The number of hydrogen-bond acceptors (Lipinski definition) is 9. The van der Waals surface area contributed by atoms with Crippen molar-refractivity contribution in [2.75, 3.05) is 13.2 Å². The van der Waals surface area contributed by atoms with Gasteiger partial charge in [-0.3, -0.25) is 0 Å². The van der Waals surface area contributed by atoms with E-state index in [2.05, 4.69) is 34.3 Å². The number of hydrogen-bond donors (Lipinski definition) is 3. The summed E-state index contributed by atoms with van der Waals surface area (Å²) in [6.45, 7) is 27.7. The molecule has 4 fully saturated rings. The molecule has 0 radical (unpaired) electrons. The first-order chi connectivity index (χ1) is 25.5. The number of aliphatic hydroxyl groups is 3. The lowest BCUT2D eigenvalue weighted by Crippen LogP contribution is -2.71. The first kappa shape index (κ1) is 45.0. The Bertz CT molecular complexity index is 1570. The number of ether oxygens (including phenoxy) is 3. The highest BCUT2D eigenvalue weighted by molar-refractivity contribution is 5.88. The number of allylic oxidation sites excluding steroid dienone is 4. The molecule has 0 saturated heterocycles. The van der Waals surface area contributed by atoms with Crippen LogP contribution in [0, 0.1) is 50.2 Å². The molecule has 9 heteroatoms. The molecule has 0 heterocycles. The maximum atomic E-state index is 13.2. The highest BCUT2D eigenvalue weighted by Crippen LogP contribution is 2.73. The number of fused-ring (bicyclic) bond motifs is 2. The van der Waals surface area contributed by atoms with E-state index in [1.807, 2.05) is 26.8 Å². The first-order valence-electron chi connectivity index (χ1n) is 20.6. The molecule has 0 aromatic heterocycles. The smallest absolute Gasteiger partial charge is 0.333 e. The van der Waals surface area contributed by atoms with E-state index in [1.165, 1.54) is 0 Å². The van der Waals surface area contributed by atoms with Crippen molar-refractivity contribution in [3.8, 4) is 0 Å². The Labute approximate surface area is 331 Å². The first-order valence-corrected chi connectivity index (χ1v) is 20.6. The van der Waals surface area contributed by atoms with Crippen molar-refractivity contribution in [2.24, 2.45) is 50.2 Å². The van der Waals surface area contributed by atoms with Crippen LogP contribution in [0.15, 0.2) is 47.6 Å². The Balaban J connectivity index is 1.78. The van der Waals surface area contributed by atoms with Crippen LogP contribution in [0.25, 0.3) is 0 Å². The summed E-state index contributed by atoms with van der Waals surface area (Å²) >= 11 is 0. The van der Waals surface area contributed by atoms with Gasteiger partial charge in [0.05, 0.1) is 24.2 Å². The Morgan fingerprint density at radius 1 is 0.727 bits per heavy atom. The minimum Gasteiger partial charge on any atom is -0.462 e. The molecule has 12 atom stereocenters. The van der Waals surface area contributed by atoms with Crippen molar-refractivity contribution in [1.82, 2.24) is 0 Å². The van der Waals surface area contributed by atoms with Crippen LogP contribution < -0.4 is 0 Å². The summed E-state index contributed by atoms with van der Waals surface area (Å²) in [7, 11) is 0. The quantitative estimate of drug-likeness (QED) is 0.0822. The van der Waals surface area contributed by atoms with Gasteiger partial charge in [0.15, 0.2) is 0 Å². The van der Waals surface area contributed by atoms with Gasteiger partial charge in [-0.2, -0.15) is 0 Å². The Kier molecular flexibility index (Phi) is 13.3. The molecule has 3 unspecified atom stereocenters. The lowest BCUT2D eigenvalue weighted by Gasteiger charge is -2.70. The predicted octanol–water partition coefficient (Wildman–Crippen LogP) is 8.21. The van der Waals surface area contributed by atoms with E-state index in [0.29, 0.717) is 42.4 Å². The van der Waals surface area contributed by atoms with Crippen LogP contribution in [0.5, 0.6) is 0 Å². The molecule has 0 aromatic rings. The summed E-state index contributed by atoms with van der Waals surface area (Å²) in [6.07, 6.45) is 8.46. The van der Waals surface area contributed by atoms with Crippen molar-refractivity contribution in [3.05, 3.63) is 47.6 Å². The molecule has 0 aromatic carbocycles. The summed E-state index contributed by atoms with van der Waals surface area (Å²) in [6, 6.07) is 0. The van der Waals surface area contributed by atoms with E-state index >= 15 is 0 Å². The predicted molar refractivity (Wildman–Crippen MR) is 214 cm³/mol.